The lowest BCUT2D eigenvalue weighted by atomic mass is 10.1. The molecule has 4 aromatic rings. The first kappa shape index (κ1) is 20.0. The van der Waals surface area contributed by atoms with Gasteiger partial charge < -0.3 is 20.3 Å². The lowest BCUT2D eigenvalue weighted by molar-refractivity contribution is 0.102. The second-order valence-corrected chi connectivity index (χ2v) is 7.48. The number of amides is 1. The van der Waals surface area contributed by atoms with Gasteiger partial charge in [-0.25, -0.2) is 14.5 Å². The van der Waals surface area contributed by atoms with E-state index in [1.807, 2.05) is 42.5 Å². The van der Waals surface area contributed by atoms with E-state index < -0.39 is 0 Å². The van der Waals surface area contributed by atoms with Crippen LogP contribution in [0.3, 0.4) is 0 Å². The zero-order valence-corrected chi connectivity index (χ0v) is 17.7. The highest BCUT2D eigenvalue weighted by atomic mass is 16.5. The number of aromatic nitrogens is 4. The molecule has 162 valence electrons. The number of benzene rings is 1. The van der Waals surface area contributed by atoms with Gasteiger partial charge in [0.15, 0.2) is 11.5 Å². The summed E-state index contributed by atoms with van der Waals surface area (Å²) in [6.07, 6.45) is 3.29. The lowest BCUT2D eigenvalue weighted by Crippen LogP contribution is -2.43. The summed E-state index contributed by atoms with van der Waals surface area (Å²) in [5.74, 6) is 1.81. The summed E-state index contributed by atoms with van der Waals surface area (Å²) >= 11 is 0. The van der Waals surface area contributed by atoms with Crippen molar-refractivity contribution in [3.63, 3.8) is 0 Å². The zero-order valence-electron chi connectivity index (χ0n) is 17.7. The standard InChI is InChI=1S/C23H23N7O2/c1-32-18-4-2-3-16(13-18)19-6-8-22-26-20(15-30(22)28-19)27-23(31)17-5-7-21(25-14-17)29-11-9-24-10-12-29/h2-8,13-15,24H,9-12H2,1H3,(H,27,31). The van der Waals surface area contributed by atoms with Crippen LogP contribution in [0.1, 0.15) is 10.4 Å². The van der Waals surface area contributed by atoms with E-state index >= 15 is 0 Å². The van der Waals surface area contributed by atoms with Crippen LogP contribution in [0.5, 0.6) is 5.75 Å². The molecule has 1 aliphatic heterocycles. The van der Waals surface area contributed by atoms with Gasteiger partial charge in [-0.15, -0.1) is 0 Å². The molecule has 0 saturated carbocycles. The summed E-state index contributed by atoms with van der Waals surface area (Å²) in [5, 5.41) is 10.8. The van der Waals surface area contributed by atoms with Gasteiger partial charge in [0.1, 0.15) is 11.6 Å². The Morgan fingerprint density at radius 2 is 2.00 bits per heavy atom. The van der Waals surface area contributed by atoms with Gasteiger partial charge in [0, 0.05) is 37.9 Å². The molecule has 2 N–H and O–H groups in total. The Labute approximate surface area is 185 Å². The number of carbonyl (C=O) groups is 1. The first-order valence-electron chi connectivity index (χ1n) is 10.4. The minimum absolute atomic E-state index is 0.263. The van der Waals surface area contributed by atoms with Gasteiger partial charge in [0.2, 0.25) is 0 Å². The first-order chi connectivity index (χ1) is 15.7. The molecule has 1 amide bonds. The van der Waals surface area contributed by atoms with E-state index in [1.165, 1.54) is 0 Å². The van der Waals surface area contributed by atoms with E-state index in [0.717, 1.165) is 49.0 Å². The quantitative estimate of drug-likeness (QED) is 0.503. The first-order valence-corrected chi connectivity index (χ1v) is 10.4. The van der Waals surface area contributed by atoms with Crippen LogP contribution in [0.15, 0.2) is 60.9 Å². The molecule has 0 atom stereocenters. The number of anilines is 2. The van der Waals surface area contributed by atoms with Crippen molar-refractivity contribution in [2.24, 2.45) is 0 Å². The van der Waals surface area contributed by atoms with Crippen LogP contribution in [-0.2, 0) is 0 Å². The molecule has 1 aromatic carbocycles. The van der Waals surface area contributed by atoms with E-state index in [9.17, 15) is 4.79 Å². The average molecular weight is 429 g/mol. The highest BCUT2D eigenvalue weighted by Crippen LogP contribution is 2.23. The van der Waals surface area contributed by atoms with Crippen molar-refractivity contribution in [3.8, 4) is 17.0 Å². The topological polar surface area (TPSA) is 96.7 Å². The van der Waals surface area contributed by atoms with Crippen LogP contribution >= 0.6 is 0 Å². The molecule has 9 nitrogen and oxygen atoms in total. The fraction of sp³-hybridized carbons (Fsp3) is 0.217. The van der Waals surface area contributed by atoms with Gasteiger partial charge in [-0.2, -0.15) is 5.10 Å². The molecule has 0 unspecified atom stereocenters. The highest BCUT2D eigenvalue weighted by Gasteiger charge is 2.14. The molecule has 3 aromatic heterocycles. The predicted octanol–water partition coefficient (Wildman–Crippen LogP) is 2.46. The summed E-state index contributed by atoms with van der Waals surface area (Å²) in [6, 6.07) is 15.1. The summed E-state index contributed by atoms with van der Waals surface area (Å²) in [7, 11) is 1.63. The van der Waals surface area contributed by atoms with Gasteiger partial charge >= 0.3 is 0 Å². The van der Waals surface area contributed by atoms with Crippen LogP contribution in [0.4, 0.5) is 11.6 Å². The number of nitrogens with zero attached hydrogens (tertiary/aromatic N) is 5. The lowest BCUT2D eigenvalue weighted by Gasteiger charge is -2.28. The minimum atomic E-state index is -0.263. The number of nitrogens with one attached hydrogen (secondary N) is 2. The second kappa shape index (κ2) is 8.64. The van der Waals surface area contributed by atoms with Crippen molar-refractivity contribution in [2.45, 2.75) is 0 Å². The maximum atomic E-state index is 12.7. The Bertz CT molecular complexity index is 1250. The third kappa shape index (κ3) is 4.10. The molecule has 4 heterocycles. The monoisotopic (exact) mass is 429 g/mol. The average Bonchev–Trinajstić information content (AvgIpc) is 3.26. The number of imidazole rings is 1. The van der Waals surface area contributed by atoms with E-state index in [1.54, 1.807) is 30.1 Å². The molecule has 32 heavy (non-hydrogen) atoms. The van der Waals surface area contributed by atoms with E-state index in [2.05, 4.69) is 30.6 Å². The van der Waals surface area contributed by atoms with Crippen LogP contribution in [0.2, 0.25) is 0 Å². The van der Waals surface area contributed by atoms with Crippen molar-refractivity contribution in [1.82, 2.24) is 24.9 Å². The molecule has 1 aliphatic rings. The third-order valence-electron chi connectivity index (χ3n) is 5.38. The number of methoxy groups -OCH3 is 1. The Kier molecular flexibility index (Phi) is 5.39. The number of pyridine rings is 1. The fourth-order valence-corrected chi connectivity index (χ4v) is 3.67. The molecule has 0 spiro atoms. The van der Waals surface area contributed by atoms with E-state index in [0.29, 0.717) is 17.0 Å². The fourth-order valence-electron chi connectivity index (χ4n) is 3.67. The number of hydrogen-bond acceptors (Lipinski definition) is 7. The number of hydrogen-bond donors (Lipinski definition) is 2. The smallest absolute Gasteiger partial charge is 0.258 e. The molecule has 1 fully saturated rings. The number of ether oxygens (including phenoxy) is 1. The molecule has 9 heteroatoms. The van der Waals surface area contributed by atoms with Gasteiger partial charge in [0.05, 0.1) is 24.6 Å². The number of rotatable bonds is 5. The van der Waals surface area contributed by atoms with Crippen molar-refractivity contribution >= 4 is 23.2 Å². The number of piperazine rings is 1. The molecule has 0 aliphatic carbocycles. The Hall–Kier alpha value is -3.98. The molecular formula is C23H23N7O2. The maximum absolute atomic E-state index is 12.7. The van der Waals surface area contributed by atoms with Crippen LogP contribution in [-0.4, -0.2) is 58.8 Å². The number of fused-ring (bicyclic) bond motifs is 1. The van der Waals surface area contributed by atoms with Gasteiger partial charge in [-0.05, 0) is 36.4 Å². The molecule has 1 saturated heterocycles. The largest absolute Gasteiger partial charge is 0.497 e. The summed E-state index contributed by atoms with van der Waals surface area (Å²) in [5.41, 5.74) is 2.82. The Morgan fingerprint density at radius 3 is 2.78 bits per heavy atom. The van der Waals surface area contributed by atoms with Gasteiger partial charge in [0.25, 0.3) is 5.91 Å². The van der Waals surface area contributed by atoms with Crippen molar-refractivity contribution in [2.75, 3.05) is 43.5 Å². The van der Waals surface area contributed by atoms with Crippen molar-refractivity contribution in [1.29, 1.82) is 0 Å². The van der Waals surface area contributed by atoms with Gasteiger partial charge in [-0.1, -0.05) is 12.1 Å². The highest BCUT2D eigenvalue weighted by molar-refractivity contribution is 6.03. The van der Waals surface area contributed by atoms with Crippen LogP contribution in [0, 0.1) is 0 Å². The summed E-state index contributed by atoms with van der Waals surface area (Å²) in [4.78, 5) is 23.8. The zero-order chi connectivity index (χ0) is 21.9. The number of carbonyl (C=O) groups excluding carboxylic acids is 1. The second-order valence-electron chi connectivity index (χ2n) is 7.48. The molecular weight excluding hydrogens is 406 g/mol. The third-order valence-corrected chi connectivity index (χ3v) is 5.38. The Balaban J connectivity index is 1.32. The SMILES string of the molecule is COc1cccc(-c2ccc3nc(NC(=O)c4ccc(N5CCNCC5)nc4)cn3n2)c1. The minimum Gasteiger partial charge on any atom is -0.497 e. The van der Waals surface area contributed by atoms with Crippen LogP contribution < -0.4 is 20.3 Å². The summed E-state index contributed by atoms with van der Waals surface area (Å²) in [6.45, 7) is 3.69. The normalized spacial score (nSPS) is 13.8. The summed E-state index contributed by atoms with van der Waals surface area (Å²) < 4.78 is 6.94. The molecule has 0 bridgehead atoms. The molecule has 0 radical (unpaired) electrons. The predicted molar refractivity (Wildman–Crippen MR) is 122 cm³/mol. The van der Waals surface area contributed by atoms with Crippen molar-refractivity contribution in [3.05, 3.63) is 66.5 Å². The van der Waals surface area contributed by atoms with Crippen molar-refractivity contribution < 1.29 is 9.53 Å². The molecule has 5 rings (SSSR count). The van der Waals surface area contributed by atoms with Crippen LogP contribution in [0.25, 0.3) is 16.9 Å². The van der Waals surface area contributed by atoms with E-state index in [4.69, 9.17) is 4.74 Å². The maximum Gasteiger partial charge on any atom is 0.258 e. The van der Waals surface area contributed by atoms with Gasteiger partial charge in [-0.3, -0.25) is 4.79 Å². The Morgan fingerprint density at radius 1 is 1.12 bits per heavy atom. The van der Waals surface area contributed by atoms with E-state index in [-0.39, 0.29) is 5.91 Å².